The molecule has 3 rings (SSSR count). The van der Waals surface area contributed by atoms with Crippen LogP contribution in [0.3, 0.4) is 0 Å². The Morgan fingerprint density at radius 1 is 0.963 bits per heavy atom. The number of fused-ring (bicyclic) bond motifs is 1. The van der Waals surface area contributed by atoms with Gasteiger partial charge in [-0.05, 0) is 29.8 Å². The monoisotopic (exact) mass is 390 g/mol. The van der Waals surface area contributed by atoms with Gasteiger partial charge in [-0.25, -0.2) is 0 Å². The average Bonchev–Trinajstić information content (AvgIpc) is 2.71. The summed E-state index contributed by atoms with van der Waals surface area (Å²) in [7, 11) is 4.53. The SMILES string of the molecule is COc1cc(OC)c(C(=O)/C=C/c2cc(OC)c3c(c2)OCCO3)cc1Cl. The highest BCUT2D eigenvalue weighted by Crippen LogP contribution is 2.40. The standard InChI is InChI=1S/C20H19ClO6/c1-23-16-11-17(24-2)14(21)10-13(16)15(22)5-4-12-8-18(25-3)20-19(9-12)26-6-7-27-20/h4-5,8-11H,6-7H2,1-3H3/b5-4+. The van der Waals surface area contributed by atoms with E-state index in [9.17, 15) is 4.79 Å². The van der Waals surface area contributed by atoms with E-state index in [1.165, 1.54) is 26.4 Å². The first-order valence-corrected chi connectivity index (χ1v) is 8.56. The Morgan fingerprint density at radius 3 is 2.37 bits per heavy atom. The lowest BCUT2D eigenvalue weighted by molar-refractivity contribution is 0.104. The minimum absolute atomic E-state index is 0.259. The van der Waals surface area contributed by atoms with Crippen LogP contribution in [0.2, 0.25) is 5.02 Å². The van der Waals surface area contributed by atoms with Crippen molar-refractivity contribution in [2.45, 2.75) is 0 Å². The van der Waals surface area contributed by atoms with E-state index >= 15 is 0 Å². The van der Waals surface area contributed by atoms with Crippen LogP contribution >= 0.6 is 11.6 Å². The maximum absolute atomic E-state index is 12.6. The molecule has 0 saturated heterocycles. The highest BCUT2D eigenvalue weighted by molar-refractivity contribution is 6.32. The molecule has 0 bridgehead atoms. The lowest BCUT2D eigenvalue weighted by Gasteiger charge is -2.20. The van der Waals surface area contributed by atoms with Crippen LogP contribution in [0.15, 0.2) is 30.3 Å². The molecular formula is C20H19ClO6. The van der Waals surface area contributed by atoms with Crippen LogP contribution in [0.4, 0.5) is 0 Å². The summed E-state index contributed by atoms with van der Waals surface area (Å²) < 4.78 is 27.0. The molecule has 0 saturated carbocycles. The molecule has 0 N–H and O–H groups in total. The molecule has 0 aromatic heterocycles. The predicted molar refractivity (Wildman–Crippen MR) is 102 cm³/mol. The number of hydrogen-bond donors (Lipinski definition) is 0. The van der Waals surface area contributed by atoms with Crippen molar-refractivity contribution in [1.82, 2.24) is 0 Å². The van der Waals surface area contributed by atoms with E-state index < -0.39 is 0 Å². The summed E-state index contributed by atoms with van der Waals surface area (Å²) in [6.07, 6.45) is 3.10. The Bertz CT molecular complexity index is 873. The number of ether oxygens (including phenoxy) is 5. The van der Waals surface area contributed by atoms with Gasteiger partial charge in [0, 0.05) is 6.07 Å². The van der Waals surface area contributed by atoms with Gasteiger partial charge in [-0.1, -0.05) is 17.7 Å². The van der Waals surface area contributed by atoms with Crippen LogP contribution in [0, 0.1) is 0 Å². The molecule has 2 aromatic rings. The Kier molecular flexibility index (Phi) is 5.76. The fourth-order valence-electron chi connectivity index (χ4n) is 2.70. The highest BCUT2D eigenvalue weighted by atomic mass is 35.5. The van der Waals surface area contributed by atoms with Crippen LogP contribution in [-0.4, -0.2) is 40.3 Å². The summed E-state index contributed by atoms with van der Waals surface area (Å²) in [6.45, 7) is 0.929. The molecule has 6 nitrogen and oxygen atoms in total. The number of rotatable bonds is 6. The third kappa shape index (κ3) is 3.95. The second kappa shape index (κ2) is 8.22. The first-order valence-electron chi connectivity index (χ1n) is 8.19. The maximum Gasteiger partial charge on any atom is 0.203 e. The zero-order valence-electron chi connectivity index (χ0n) is 15.2. The second-order valence-corrected chi connectivity index (χ2v) is 6.04. The number of benzene rings is 2. The van der Waals surface area contributed by atoms with E-state index in [0.717, 1.165) is 5.56 Å². The maximum atomic E-state index is 12.6. The van der Waals surface area contributed by atoms with Crippen molar-refractivity contribution in [3.8, 4) is 28.7 Å². The molecule has 27 heavy (non-hydrogen) atoms. The van der Waals surface area contributed by atoms with Gasteiger partial charge >= 0.3 is 0 Å². The molecular weight excluding hydrogens is 372 g/mol. The van der Waals surface area contributed by atoms with Crippen LogP contribution in [-0.2, 0) is 0 Å². The molecule has 142 valence electrons. The minimum atomic E-state index is -0.259. The molecule has 7 heteroatoms. The zero-order chi connectivity index (χ0) is 19.4. The molecule has 0 spiro atoms. The van der Waals surface area contributed by atoms with Gasteiger partial charge in [0.2, 0.25) is 5.75 Å². The summed E-state index contributed by atoms with van der Waals surface area (Å²) in [4.78, 5) is 12.6. The summed E-state index contributed by atoms with van der Waals surface area (Å²) in [5.41, 5.74) is 1.08. The summed E-state index contributed by atoms with van der Waals surface area (Å²) in [5, 5.41) is 0.330. The molecule has 0 amide bonds. The summed E-state index contributed by atoms with van der Waals surface area (Å²) in [6, 6.07) is 6.67. The number of ketones is 1. The number of hydrogen-bond acceptors (Lipinski definition) is 6. The van der Waals surface area contributed by atoms with Gasteiger partial charge < -0.3 is 23.7 Å². The van der Waals surface area contributed by atoms with Gasteiger partial charge in [-0.15, -0.1) is 0 Å². The Hall–Kier alpha value is -2.86. The predicted octanol–water partition coefficient (Wildman–Crippen LogP) is 4.03. The third-order valence-electron chi connectivity index (χ3n) is 4.02. The van der Waals surface area contributed by atoms with Crippen LogP contribution in [0.5, 0.6) is 28.7 Å². The fraction of sp³-hybridized carbons (Fsp3) is 0.250. The van der Waals surface area contributed by atoms with Crippen molar-refractivity contribution < 1.29 is 28.5 Å². The summed E-state index contributed by atoms with van der Waals surface area (Å²) >= 11 is 6.13. The molecule has 0 fully saturated rings. The largest absolute Gasteiger partial charge is 0.496 e. The van der Waals surface area contributed by atoms with Gasteiger partial charge in [-0.3, -0.25) is 4.79 Å². The Labute approximate surface area is 162 Å². The summed E-state index contributed by atoms with van der Waals surface area (Å²) in [5.74, 6) is 2.25. The van der Waals surface area contributed by atoms with E-state index in [2.05, 4.69) is 0 Å². The van der Waals surface area contributed by atoms with Gasteiger partial charge in [0.05, 0.1) is 31.9 Å². The number of carbonyl (C=O) groups excluding carboxylic acids is 1. The molecule has 0 radical (unpaired) electrons. The Balaban J connectivity index is 1.90. The normalized spacial score (nSPS) is 12.7. The average molecular weight is 391 g/mol. The Morgan fingerprint density at radius 2 is 1.67 bits per heavy atom. The molecule has 1 aliphatic rings. The lowest BCUT2D eigenvalue weighted by atomic mass is 10.1. The number of halogens is 1. The van der Waals surface area contributed by atoms with Crippen molar-refractivity contribution in [3.63, 3.8) is 0 Å². The van der Waals surface area contributed by atoms with Crippen molar-refractivity contribution in [3.05, 3.63) is 46.5 Å². The van der Waals surface area contributed by atoms with Crippen LogP contribution in [0.25, 0.3) is 6.08 Å². The number of allylic oxidation sites excluding steroid dienone is 1. The van der Waals surface area contributed by atoms with E-state index in [-0.39, 0.29) is 5.78 Å². The van der Waals surface area contributed by atoms with Crippen molar-refractivity contribution in [2.75, 3.05) is 34.5 Å². The third-order valence-corrected chi connectivity index (χ3v) is 4.31. The van der Waals surface area contributed by atoms with Crippen molar-refractivity contribution in [1.29, 1.82) is 0 Å². The van der Waals surface area contributed by atoms with E-state index in [0.29, 0.717) is 52.5 Å². The van der Waals surface area contributed by atoms with Crippen LogP contribution < -0.4 is 23.7 Å². The van der Waals surface area contributed by atoms with Gasteiger partial charge in [0.15, 0.2) is 17.3 Å². The van der Waals surface area contributed by atoms with Gasteiger partial charge in [-0.2, -0.15) is 0 Å². The second-order valence-electron chi connectivity index (χ2n) is 5.63. The molecule has 1 heterocycles. The molecule has 0 atom stereocenters. The molecule has 0 unspecified atom stereocenters. The minimum Gasteiger partial charge on any atom is -0.496 e. The molecule has 0 aliphatic carbocycles. The lowest BCUT2D eigenvalue weighted by Crippen LogP contribution is -2.16. The first-order chi connectivity index (χ1) is 13.1. The van der Waals surface area contributed by atoms with Crippen LogP contribution in [0.1, 0.15) is 15.9 Å². The fourth-order valence-corrected chi connectivity index (χ4v) is 2.94. The first kappa shape index (κ1) is 18.9. The number of carbonyl (C=O) groups is 1. The van der Waals surface area contributed by atoms with Gasteiger partial charge in [0.25, 0.3) is 0 Å². The van der Waals surface area contributed by atoms with E-state index in [1.807, 2.05) is 0 Å². The van der Waals surface area contributed by atoms with Crippen molar-refractivity contribution >= 4 is 23.5 Å². The smallest absolute Gasteiger partial charge is 0.203 e. The highest BCUT2D eigenvalue weighted by Gasteiger charge is 2.18. The van der Waals surface area contributed by atoms with Crippen molar-refractivity contribution in [2.24, 2.45) is 0 Å². The molecule has 1 aliphatic heterocycles. The van der Waals surface area contributed by atoms with E-state index in [4.69, 9.17) is 35.3 Å². The molecule has 2 aromatic carbocycles. The number of methoxy groups -OCH3 is 3. The quantitative estimate of drug-likeness (QED) is 0.548. The van der Waals surface area contributed by atoms with Gasteiger partial charge in [0.1, 0.15) is 24.7 Å². The topological polar surface area (TPSA) is 63.2 Å². The zero-order valence-corrected chi connectivity index (χ0v) is 16.0. The van der Waals surface area contributed by atoms with E-state index in [1.54, 1.807) is 31.4 Å².